The number of hydrogen-bond donors (Lipinski definition) is 0. The van der Waals surface area contributed by atoms with Crippen molar-refractivity contribution in [2.45, 2.75) is 13.0 Å². The minimum absolute atomic E-state index is 0. The van der Waals surface area contributed by atoms with Gasteiger partial charge in [-0.25, -0.2) is 8.78 Å². The number of ether oxygens (including phenoxy) is 1. The Morgan fingerprint density at radius 1 is 0.909 bits per heavy atom. The van der Waals surface area contributed by atoms with Gasteiger partial charge < -0.3 is 9.15 Å². The molecule has 0 aliphatic carbocycles. The van der Waals surface area contributed by atoms with E-state index in [2.05, 4.69) is 21.9 Å². The second-order valence-corrected chi connectivity index (χ2v) is 7.65. The van der Waals surface area contributed by atoms with E-state index in [0.717, 1.165) is 44.9 Å². The lowest BCUT2D eigenvalue weighted by molar-refractivity contribution is -0.120. The highest BCUT2D eigenvalue weighted by molar-refractivity contribution is 5.85. The van der Waals surface area contributed by atoms with Crippen LogP contribution >= 0.6 is 24.8 Å². The molecule has 1 aliphatic rings. The Labute approximate surface area is 204 Å². The van der Waals surface area contributed by atoms with Crippen molar-refractivity contribution >= 4 is 30.6 Å². The van der Waals surface area contributed by atoms with Crippen LogP contribution in [0.15, 0.2) is 65.1 Å². The van der Waals surface area contributed by atoms with E-state index in [0.29, 0.717) is 12.3 Å². The maximum absolute atomic E-state index is 13.7. The molecule has 4 rings (SSSR count). The summed E-state index contributed by atoms with van der Waals surface area (Å²) in [4.78, 5) is 17.0. The number of hydrogen-bond acceptors (Lipinski definition) is 5. The van der Waals surface area contributed by atoms with Crippen LogP contribution in [0.1, 0.15) is 11.3 Å². The number of carbonyl (C=O) groups is 1. The topological polar surface area (TPSA) is 45.9 Å². The third-order valence-electron chi connectivity index (χ3n) is 5.23. The van der Waals surface area contributed by atoms with E-state index in [4.69, 9.17) is 9.15 Å². The van der Waals surface area contributed by atoms with Crippen LogP contribution in [0.5, 0.6) is 11.7 Å². The summed E-state index contributed by atoms with van der Waals surface area (Å²) in [7, 11) is 0. The molecule has 0 atom stereocenters. The molecule has 0 amide bonds. The molecule has 0 saturated carbocycles. The lowest BCUT2D eigenvalue weighted by Gasteiger charge is -2.34. The fraction of sp³-hybridized carbons (Fsp3) is 0.292. The predicted octanol–water partition coefficient (Wildman–Crippen LogP) is 5.12. The van der Waals surface area contributed by atoms with Crippen LogP contribution in [0.4, 0.5) is 8.78 Å². The van der Waals surface area contributed by atoms with E-state index in [1.165, 1.54) is 17.7 Å². The van der Waals surface area contributed by atoms with Gasteiger partial charge in [-0.2, -0.15) is 0 Å². The number of Topliss-reactive ketones (excluding diaryl/α,β-unsaturated/α-hetero) is 1. The number of benzene rings is 2. The molecular weight excluding hydrogens is 473 g/mol. The SMILES string of the molecule is Cl.Cl.O=C(Cc1ccc(Oc2ccc(F)cc2F)o1)CN1CCN(Cc2ccccc2)CC1. The van der Waals surface area contributed by atoms with Crippen LogP contribution in [-0.4, -0.2) is 48.3 Å². The standard InChI is InChI=1S/C24H24F2N2O3.2ClH/c25-19-6-8-23(22(26)14-19)31-24-9-7-21(30-24)15-20(29)17-28-12-10-27(11-13-28)16-18-4-2-1-3-5-18;;/h1-9,14H,10-13,15-17H2;2*1H. The van der Waals surface area contributed by atoms with Crippen molar-refractivity contribution in [1.82, 2.24) is 9.80 Å². The van der Waals surface area contributed by atoms with Crippen molar-refractivity contribution in [2.24, 2.45) is 0 Å². The summed E-state index contributed by atoms with van der Waals surface area (Å²) in [5, 5.41) is 0. The second-order valence-electron chi connectivity index (χ2n) is 7.65. The van der Waals surface area contributed by atoms with Crippen molar-refractivity contribution in [3.63, 3.8) is 0 Å². The maximum atomic E-state index is 13.7. The zero-order chi connectivity index (χ0) is 21.6. The summed E-state index contributed by atoms with van der Waals surface area (Å²) in [5.41, 5.74) is 1.29. The average Bonchev–Trinajstić information content (AvgIpc) is 3.19. The Balaban J connectivity index is 0.00000193. The molecule has 178 valence electrons. The molecule has 1 saturated heterocycles. The number of ketones is 1. The molecular formula is C24H26Cl2F2N2O3. The van der Waals surface area contributed by atoms with Crippen LogP contribution in [0.2, 0.25) is 0 Å². The molecule has 5 nitrogen and oxygen atoms in total. The van der Waals surface area contributed by atoms with Crippen molar-refractivity contribution in [1.29, 1.82) is 0 Å². The Bertz CT molecular complexity index is 1030. The van der Waals surface area contributed by atoms with E-state index in [1.54, 1.807) is 6.07 Å². The van der Waals surface area contributed by atoms with Gasteiger partial charge in [-0.05, 0) is 23.8 Å². The first kappa shape index (κ1) is 26.8. The van der Waals surface area contributed by atoms with Crippen LogP contribution in [-0.2, 0) is 17.8 Å². The monoisotopic (exact) mass is 498 g/mol. The van der Waals surface area contributed by atoms with E-state index in [-0.39, 0.29) is 48.7 Å². The molecule has 3 aromatic rings. The first-order valence-corrected chi connectivity index (χ1v) is 10.3. The highest BCUT2D eigenvalue weighted by Gasteiger charge is 2.20. The summed E-state index contributed by atoms with van der Waals surface area (Å²) in [5.74, 6) is -1.09. The van der Waals surface area contributed by atoms with Gasteiger partial charge in [0.05, 0.1) is 13.0 Å². The van der Waals surface area contributed by atoms with Gasteiger partial charge >= 0.3 is 0 Å². The summed E-state index contributed by atoms with van der Waals surface area (Å²) >= 11 is 0. The molecule has 0 spiro atoms. The summed E-state index contributed by atoms with van der Waals surface area (Å²) in [6.07, 6.45) is 0.138. The van der Waals surface area contributed by atoms with Gasteiger partial charge in [0.2, 0.25) is 0 Å². The quantitative estimate of drug-likeness (QED) is 0.431. The predicted molar refractivity (Wildman–Crippen MR) is 127 cm³/mol. The lowest BCUT2D eigenvalue weighted by Crippen LogP contribution is -2.47. The molecule has 1 aliphatic heterocycles. The van der Waals surface area contributed by atoms with Gasteiger partial charge in [-0.3, -0.25) is 14.6 Å². The van der Waals surface area contributed by atoms with Crippen molar-refractivity contribution in [3.8, 4) is 11.7 Å². The Kier molecular flexibility index (Phi) is 10.3. The number of nitrogens with zero attached hydrogens (tertiary/aromatic N) is 2. The van der Waals surface area contributed by atoms with Crippen LogP contribution < -0.4 is 4.74 Å². The molecule has 0 unspecified atom stereocenters. The number of halogens is 4. The van der Waals surface area contributed by atoms with E-state index < -0.39 is 11.6 Å². The molecule has 0 N–H and O–H groups in total. The molecule has 2 heterocycles. The molecule has 9 heteroatoms. The first-order chi connectivity index (χ1) is 15.0. The largest absolute Gasteiger partial charge is 0.430 e. The highest BCUT2D eigenvalue weighted by Crippen LogP contribution is 2.27. The van der Waals surface area contributed by atoms with Gasteiger partial charge in [0, 0.05) is 44.9 Å². The van der Waals surface area contributed by atoms with Gasteiger partial charge in [-0.1, -0.05) is 30.3 Å². The molecule has 2 aromatic carbocycles. The first-order valence-electron chi connectivity index (χ1n) is 10.3. The van der Waals surface area contributed by atoms with E-state index in [1.807, 2.05) is 18.2 Å². The van der Waals surface area contributed by atoms with Gasteiger partial charge in [0.1, 0.15) is 11.6 Å². The Morgan fingerprint density at radius 2 is 1.61 bits per heavy atom. The number of carbonyl (C=O) groups excluding carboxylic acids is 1. The minimum atomic E-state index is -0.819. The van der Waals surface area contributed by atoms with Crippen molar-refractivity contribution < 1.29 is 22.7 Å². The maximum Gasteiger partial charge on any atom is 0.290 e. The van der Waals surface area contributed by atoms with Crippen LogP contribution in [0.25, 0.3) is 0 Å². The fourth-order valence-electron chi connectivity index (χ4n) is 3.62. The van der Waals surface area contributed by atoms with Crippen molar-refractivity contribution in [3.05, 3.63) is 83.6 Å². The third-order valence-corrected chi connectivity index (χ3v) is 5.23. The highest BCUT2D eigenvalue weighted by atomic mass is 35.5. The number of piperazine rings is 1. The van der Waals surface area contributed by atoms with Gasteiger partial charge in [0.15, 0.2) is 17.3 Å². The number of furan rings is 1. The van der Waals surface area contributed by atoms with Gasteiger partial charge in [0.25, 0.3) is 5.95 Å². The molecule has 0 bridgehead atoms. The van der Waals surface area contributed by atoms with Crippen LogP contribution in [0.3, 0.4) is 0 Å². The third kappa shape index (κ3) is 7.82. The normalized spacial score (nSPS) is 14.2. The minimum Gasteiger partial charge on any atom is -0.430 e. The average molecular weight is 499 g/mol. The van der Waals surface area contributed by atoms with E-state index >= 15 is 0 Å². The molecule has 1 fully saturated rings. The zero-order valence-corrected chi connectivity index (χ0v) is 19.5. The van der Waals surface area contributed by atoms with Crippen molar-refractivity contribution in [2.75, 3.05) is 32.7 Å². The van der Waals surface area contributed by atoms with Crippen LogP contribution in [0, 0.1) is 11.6 Å². The molecule has 33 heavy (non-hydrogen) atoms. The zero-order valence-electron chi connectivity index (χ0n) is 17.9. The summed E-state index contributed by atoms with van der Waals surface area (Å²) < 4.78 is 37.5. The fourth-order valence-corrected chi connectivity index (χ4v) is 3.62. The van der Waals surface area contributed by atoms with Gasteiger partial charge in [-0.15, -0.1) is 24.8 Å². The smallest absolute Gasteiger partial charge is 0.290 e. The molecule has 0 radical (unpaired) electrons. The Hall–Kier alpha value is -2.45. The second kappa shape index (κ2) is 12.7. The summed E-state index contributed by atoms with van der Waals surface area (Å²) in [6, 6.07) is 16.5. The molecule has 1 aromatic heterocycles. The summed E-state index contributed by atoms with van der Waals surface area (Å²) in [6.45, 7) is 4.81. The number of rotatable bonds is 8. The Morgan fingerprint density at radius 3 is 2.30 bits per heavy atom. The lowest BCUT2D eigenvalue weighted by atomic mass is 10.2. The van der Waals surface area contributed by atoms with E-state index in [9.17, 15) is 13.6 Å².